The number of hydrogen-bond donors (Lipinski definition) is 3. The highest BCUT2D eigenvalue weighted by atomic mass is 16.5. The van der Waals surface area contributed by atoms with E-state index in [1.165, 1.54) is 0 Å². The maximum absolute atomic E-state index is 13.2. The van der Waals surface area contributed by atoms with E-state index in [4.69, 9.17) is 4.74 Å². The number of para-hydroxylation sites is 2. The summed E-state index contributed by atoms with van der Waals surface area (Å²) in [6.07, 6.45) is 1.66. The maximum atomic E-state index is 13.2. The lowest BCUT2D eigenvalue weighted by molar-refractivity contribution is 0.101. The van der Waals surface area contributed by atoms with E-state index < -0.39 is 5.91 Å². The predicted octanol–water partition coefficient (Wildman–Crippen LogP) is 6.41. The lowest BCUT2D eigenvalue weighted by atomic mass is 10.1. The monoisotopic (exact) mass is 499 g/mol. The standard InChI is InChI=1S/C30H21N5O3/c36-28(32-21-10-6-13-23(17-21)38-22-11-2-1-3-12-22)24-14-7-15-25-27(24)34-30(33-25)35-29(37)26-16-19-8-4-5-9-20(19)18-31-26/h1-18H,(H,32,36)(H2,33,34,35,37). The van der Waals surface area contributed by atoms with Crippen molar-refractivity contribution in [3.05, 3.63) is 121 Å². The number of hydrogen-bond acceptors (Lipinski definition) is 5. The number of benzene rings is 4. The molecule has 0 radical (unpaired) electrons. The number of nitrogens with zero attached hydrogens (tertiary/aromatic N) is 2. The molecule has 8 nitrogen and oxygen atoms in total. The van der Waals surface area contributed by atoms with Crippen LogP contribution in [0.25, 0.3) is 21.8 Å². The molecular formula is C30H21N5O3. The molecule has 0 bridgehead atoms. The summed E-state index contributed by atoms with van der Waals surface area (Å²) in [5, 5.41) is 7.50. The van der Waals surface area contributed by atoms with Crippen molar-refractivity contribution in [3.8, 4) is 11.5 Å². The number of rotatable bonds is 6. The quantitative estimate of drug-likeness (QED) is 0.245. The number of imidazole rings is 1. The summed E-state index contributed by atoms with van der Waals surface area (Å²) in [6.45, 7) is 0. The molecule has 184 valence electrons. The van der Waals surface area contributed by atoms with Crippen LogP contribution in [0.3, 0.4) is 0 Å². The molecule has 0 saturated carbocycles. The summed E-state index contributed by atoms with van der Waals surface area (Å²) >= 11 is 0. The molecule has 3 N–H and O–H groups in total. The average molecular weight is 500 g/mol. The second-order valence-corrected chi connectivity index (χ2v) is 8.55. The van der Waals surface area contributed by atoms with Gasteiger partial charge in [0.05, 0.1) is 16.6 Å². The number of aromatic amines is 1. The third-order valence-electron chi connectivity index (χ3n) is 5.93. The molecule has 6 rings (SSSR count). The van der Waals surface area contributed by atoms with Crippen LogP contribution in [0.4, 0.5) is 11.6 Å². The molecular weight excluding hydrogens is 478 g/mol. The Kier molecular flexibility index (Phi) is 5.95. The number of fused-ring (bicyclic) bond motifs is 2. The van der Waals surface area contributed by atoms with E-state index in [2.05, 4.69) is 25.6 Å². The van der Waals surface area contributed by atoms with E-state index in [-0.39, 0.29) is 17.5 Å². The number of pyridine rings is 1. The SMILES string of the molecule is O=C(Nc1nc2cccc(C(=O)Nc3cccc(Oc4ccccc4)c3)c2[nH]1)c1cc2ccccc2cn1. The highest BCUT2D eigenvalue weighted by Crippen LogP contribution is 2.25. The van der Waals surface area contributed by atoms with Crippen LogP contribution >= 0.6 is 0 Å². The summed E-state index contributed by atoms with van der Waals surface area (Å²) in [6, 6.07) is 31.2. The summed E-state index contributed by atoms with van der Waals surface area (Å²) in [7, 11) is 0. The highest BCUT2D eigenvalue weighted by molar-refractivity contribution is 6.12. The van der Waals surface area contributed by atoms with E-state index in [0.717, 1.165) is 10.8 Å². The molecule has 0 fully saturated rings. The average Bonchev–Trinajstić information content (AvgIpc) is 3.36. The van der Waals surface area contributed by atoms with Crippen LogP contribution in [-0.2, 0) is 0 Å². The van der Waals surface area contributed by atoms with Gasteiger partial charge in [-0.1, -0.05) is 54.6 Å². The molecule has 0 aliphatic carbocycles. The van der Waals surface area contributed by atoms with E-state index in [1.54, 1.807) is 48.7 Å². The van der Waals surface area contributed by atoms with Crippen molar-refractivity contribution in [2.24, 2.45) is 0 Å². The lowest BCUT2D eigenvalue weighted by Gasteiger charge is -2.09. The van der Waals surface area contributed by atoms with E-state index in [1.807, 2.05) is 60.7 Å². The third-order valence-corrected chi connectivity index (χ3v) is 5.93. The van der Waals surface area contributed by atoms with Crippen molar-refractivity contribution in [2.45, 2.75) is 0 Å². The van der Waals surface area contributed by atoms with Crippen LogP contribution in [0, 0.1) is 0 Å². The number of anilines is 2. The first-order valence-corrected chi connectivity index (χ1v) is 11.9. The fourth-order valence-corrected chi connectivity index (χ4v) is 4.12. The topological polar surface area (TPSA) is 109 Å². The molecule has 4 aromatic carbocycles. The molecule has 6 aromatic rings. The molecule has 38 heavy (non-hydrogen) atoms. The number of H-pyrrole nitrogens is 1. The van der Waals surface area contributed by atoms with Crippen LogP contribution in [0.1, 0.15) is 20.8 Å². The van der Waals surface area contributed by atoms with Crippen molar-refractivity contribution in [1.29, 1.82) is 0 Å². The number of aromatic nitrogens is 3. The summed E-state index contributed by atoms with van der Waals surface area (Å²) in [4.78, 5) is 37.8. The first-order valence-electron chi connectivity index (χ1n) is 11.9. The zero-order chi connectivity index (χ0) is 25.9. The summed E-state index contributed by atoms with van der Waals surface area (Å²) in [5.41, 5.74) is 2.27. The second kappa shape index (κ2) is 9.87. The van der Waals surface area contributed by atoms with Gasteiger partial charge in [0.1, 0.15) is 17.2 Å². The Morgan fingerprint density at radius 2 is 1.47 bits per heavy atom. The van der Waals surface area contributed by atoms with Crippen molar-refractivity contribution in [2.75, 3.05) is 10.6 Å². The maximum Gasteiger partial charge on any atom is 0.276 e. The number of nitrogens with one attached hydrogen (secondary N) is 3. The first-order chi connectivity index (χ1) is 18.6. The Balaban J connectivity index is 1.20. The fourth-order valence-electron chi connectivity index (χ4n) is 4.12. The number of carbonyl (C=O) groups is 2. The molecule has 0 atom stereocenters. The van der Waals surface area contributed by atoms with Crippen LogP contribution in [0.15, 0.2) is 109 Å². The minimum atomic E-state index is -0.406. The van der Waals surface area contributed by atoms with Gasteiger partial charge in [-0.05, 0) is 47.9 Å². The van der Waals surface area contributed by atoms with Gasteiger partial charge in [0.15, 0.2) is 0 Å². The first kappa shape index (κ1) is 22.9. The molecule has 8 heteroatoms. The van der Waals surface area contributed by atoms with Gasteiger partial charge in [-0.25, -0.2) is 4.98 Å². The molecule has 2 amide bonds. The molecule has 2 aromatic heterocycles. The minimum absolute atomic E-state index is 0.221. The smallest absolute Gasteiger partial charge is 0.276 e. The van der Waals surface area contributed by atoms with E-state index >= 15 is 0 Å². The Labute approximate surface area is 217 Å². The molecule has 0 saturated heterocycles. The second-order valence-electron chi connectivity index (χ2n) is 8.55. The van der Waals surface area contributed by atoms with Crippen molar-refractivity contribution < 1.29 is 14.3 Å². The molecule has 0 aliphatic rings. The number of carbonyl (C=O) groups excluding carboxylic acids is 2. The van der Waals surface area contributed by atoms with Crippen LogP contribution in [0.2, 0.25) is 0 Å². The van der Waals surface area contributed by atoms with Crippen LogP contribution in [-0.4, -0.2) is 26.8 Å². The summed E-state index contributed by atoms with van der Waals surface area (Å²) < 4.78 is 5.86. The fraction of sp³-hybridized carbons (Fsp3) is 0. The Morgan fingerprint density at radius 3 is 2.34 bits per heavy atom. The third kappa shape index (κ3) is 4.78. The van der Waals surface area contributed by atoms with Gasteiger partial charge in [-0.3, -0.25) is 19.9 Å². The largest absolute Gasteiger partial charge is 0.457 e. The van der Waals surface area contributed by atoms with Crippen LogP contribution < -0.4 is 15.4 Å². The lowest BCUT2D eigenvalue weighted by Crippen LogP contribution is -2.14. The van der Waals surface area contributed by atoms with Crippen molar-refractivity contribution in [3.63, 3.8) is 0 Å². The van der Waals surface area contributed by atoms with E-state index in [0.29, 0.717) is 33.8 Å². The Bertz CT molecular complexity index is 1800. The van der Waals surface area contributed by atoms with Gasteiger partial charge in [0, 0.05) is 23.3 Å². The molecule has 0 spiro atoms. The summed E-state index contributed by atoms with van der Waals surface area (Å²) in [5.74, 6) is 0.785. The van der Waals surface area contributed by atoms with E-state index in [9.17, 15) is 9.59 Å². The van der Waals surface area contributed by atoms with Crippen LogP contribution in [0.5, 0.6) is 11.5 Å². The molecule has 2 heterocycles. The van der Waals surface area contributed by atoms with Gasteiger partial charge in [-0.15, -0.1) is 0 Å². The molecule has 0 aliphatic heterocycles. The predicted molar refractivity (Wildman–Crippen MR) is 147 cm³/mol. The minimum Gasteiger partial charge on any atom is -0.457 e. The Morgan fingerprint density at radius 1 is 0.711 bits per heavy atom. The zero-order valence-electron chi connectivity index (χ0n) is 20.0. The Hall–Kier alpha value is -5.50. The van der Waals surface area contributed by atoms with Gasteiger partial charge in [0.25, 0.3) is 11.8 Å². The zero-order valence-corrected chi connectivity index (χ0v) is 20.0. The van der Waals surface area contributed by atoms with Gasteiger partial charge in [0.2, 0.25) is 5.95 Å². The van der Waals surface area contributed by atoms with Gasteiger partial charge >= 0.3 is 0 Å². The molecule has 0 unspecified atom stereocenters. The number of amides is 2. The number of ether oxygens (including phenoxy) is 1. The van der Waals surface area contributed by atoms with Crippen molar-refractivity contribution in [1.82, 2.24) is 15.0 Å². The van der Waals surface area contributed by atoms with Crippen molar-refractivity contribution >= 4 is 45.3 Å². The van der Waals surface area contributed by atoms with Gasteiger partial charge < -0.3 is 15.0 Å². The normalized spacial score (nSPS) is 10.8. The highest BCUT2D eigenvalue weighted by Gasteiger charge is 2.16. The van der Waals surface area contributed by atoms with Gasteiger partial charge in [-0.2, -0.15) is 0 Å².